The molecule has 3 nitrogen and oxygen atoms in total. The molecule has 0 aliphatic rings. The molecule has 0 aromatic heterocycles. The standard InChI is InChI=1S/C22H19BrO3/c1-15-20(12-18(13-21(15)23)22(24)25-2)17-9-6-10-19(11-17)26-14-16-7-4-3-5-8-16/h3-13H,14H2,1-2H3. The van der Waals surface area contributed by atoms with Crippen molar-refractivity contribution in [3.63, 3.8) is 0 Å². The third-order valence-electron chi connectivity index (χ3n) is 4.16. The van der Waals surface area contributed by atoms with E-state index in [0.29, 0.717) is 12.2 Å². The Labute approximate surface area is 161 Å². The summed E-state index contributed by atoms with van der Waals surface area (Å²) in [4.78, 5) is 11.9. The van der Waals surface area contributed by atoms with E-state index < -0.39 is 0 Å². The van der Waals surface area contributed by atoms with E-state index in [1.807, 2.05) is 67.6 Å². The predicted octanol–water partition coefficient (Wildman–Crippen LogP) is 5.79. The van der Waals surface area contributed by atoms with Gasteiger partial charge in [-0.15, -0.1) is 0 Å². The Hall–Kier alpha value is -2.59. The highest BCUT2D eigenvalue weighted by Gasteiger charge is 2.13. The van der Waals surface area contributed by atoms with E-state index in [4.69, 9.17) is 9.47 Å². The molecule has 0 radical (unpaired) electrons. The van der Waals surface area contributed by atoms with Crippen LogP contribution in [0.3, 0.4) is 0 Å². The van der Waals surface area contributed by atoms with Crippen LogP contribution in [0, 0.1) is 6.92 Å². The molecule has 3 aromatic rings. The second kappa shape index (κ2) is 8.19. The van der Waals surface area contributed by atoms with Gasteiger partial charge in [-0.25, -0.2) is 4.79 Å². The molecule has 0 fully saturated rings. The summed E-state index contributed by atoms with van der Waals surface area (Å²) in [6, 6.07) is 21.5. The molecule has 0 N–H and O–H groups in total. The fraction of sp³-hybridized carbons (Fsp3) is 0.136. The molecule has 0 bridgehead atoms. The monoisotopic (exact) mass is 410 g/mol. The van der Waals surface area contributed by atoms with Crippen molar-refractivity contribution in [2.24, 2.45) is 0 Å². The maximum absolute atomic E-state index is 11.9. The van der Waals surface area contributed by atoms with Crippen LogP contribution >= 0.6 is 15.9 Å². The van der Waals surface area contributed by atoms with Crippen LogP contribution in [0.4, 0.5) is 0 Å². The first-order valence-electron chi connectivity index (χ1n) is 8.24. The van der Waals surface area contributed by atoms with Crippen LogP contribution in [0.1, 0.15) is 21.5 Å². The van der Waals surface area contributed by atoms with Crippen molar-refractivity contribution in [1.29, 1.82) is 0 Å². The van der Waals surface area contributed by atoms with Gasteiger partial charge in [0.25, 0.3) is 0 Å². The summed E-state index contributed by atoms with van der Waals surface area (Å²) in [6.07, 6.45) is 0. The van der Waals surface area contributed by atoms with E-state index in [9.17, 15) is 4.79 Å². The normalized spacial score (nSPS) is 10.4. The summed E-state index contributed by atoms with van der Waals surface area (Å²) in [5, 5.41) is 0. The number of hydrogen-bond acceptors (Lipinski definition) is 3. The molecule has 3 rings (SSSR count). The smallest absolute Gasteiger partial charge is 0.337 e. The van der Waals surface area contributed by atoms with Crippen molar-refractivity contribution in [3.8, 4) is 16.9 Å². The molecule has 0 saturated carbocycles. The lowest BCUT2D eigenvalue weighted by atomic mass is 9.98. The molecule has 26 heavy (non-hydrogen) atoms. The van der Waals surface area contributed by atoms with Gasteiger partial charge in [0, 0.05) is 4.47 Å². The first kappa shape index (κ1) is 18.2. The molecule has 0 saturated heterocycles. The van der Waals surface area contributed by atoms with Crippen molar-refractivity contribution in [3.05, 3.63) is 87.9 Å². The zero-order valence-electron chi connectivity index (χ0n) is 14.7. The fourth-order valence-corrected chi connectivity index (χ4v) is 3.17. The Morgan fingerprint density at radius 2 is 1.77 bits per heavy atom. The minimum absolute atomic E-state index is 0.358. The molecule has 3 aromatic carbocycles. The van der Waals surface area contributed by atoms with Gasteiger partial charge in [0.1, 0.15) is 12.4 Å². The summed E-state index contributed by atoms with van der Waals surface area (Å²) in [5.74, 6) is 0.425. The van der Waals surface area contributed by atoms with Crippen LogP contribution in [-0.2, 0) is 11.3 Å². The fourth-order valence-electron chi connectivity index (χ4n) is 2.71. The first-order valence-corrected chi connectivity index (χ1v) is 9.03. The Morgan fingerprint density at radius 3 is 2.50 bits per heavy atom. The molecule has 0 aliphatic heterocycles. The van der Waals surface area contributed by atoms with Crippen molar-refractivity contribution < 1.29 is 14.3 Å². The third-order valence-corrected chi connectivity index (χ3v) is 4.98. The molecular weight excluding hydrogens is 392 g/mol. The summed E-state index contributed by atoms with van der Waals surface area (Å²) < 4.78 is 11.6. The van der Waals surface area contributed by atoms with Crippen LogP contribution in [0.5, 0.6) is 5.75 Å². The lowest BCUT2D eigenvalue weighted by molar-refractivity contribution is 0.0600. The molecule has 4 heteroatoms. The van der Waals surface area contributed by atoms with Gasteiger partial charge in [-0.05, 0) is 53.4 Å². The Bertz CT molecular complexity index is 920. The second-order valence-electron chi connectivity index (χ2n) is 5.92. The molecule has 0 amide bonds. The second-order valence-corrected chi connectivity index (χ2v) is 6.78. The summed E-state index contributed by atoms with van der Waals surface area (Å²) in [5.41, 5.74) is 4.63. The molecule has 0 spiro atoms. The number of halogens is 1. The van der Waals surface area contributed by atoms with Crippen molar-refractivity contribution >= 4 is 21.9 Å². The maximum atomic E-state index is 11.9. The number of hydrogen-bond donors (Lipinski definition) is 0. The van der Waals surface area contributed by atoms with Crippen molar-refractivity contribution in [2.45, 2.75) is 13.5 Å². The largest absolute Gasteiger partial charge is 0.489 e. The average Bonchev–Trinajstić information content (AvgIpc) is 2.68. The molecule has 132 valence electrons. The SMILES string of the molecule is COC(=O)c1cc(Br)c(C)c(-c2cccc(OCc3ccccc3)c2)c1. The van der Waals surface area contributed by atoms with Crippen molar-refractivity contribution in [1.82, 2.24) is 0 Å². The topological polar surface area (TPSA) is 35.5 Å². The first-order chi connectivity index (χ1) is 12.6. The molecule has 0 atom stereocenters. The van der Waals surface area contributed by atoms with Gasteiger partial charge in [-0.2, -0.15) is 0 Å². The van der Waals surface area contributed by atoms with E-state index in [1.165, 1.54) is 7.11 Å². The van der Waals surface area contributed by atoms with E-state index in [1.54, 1.807) is 6.07 Å². The minimum atomic E-state index is -0.358. The van der Waals surface area contributed by atoms with Gasteiger partial charge < -0.3 is 9.47 Å². The highest BCUT2D eigenvalue weighted by atomic mass is 79.9. The van der Waals surface area contributed by atoms with Crippen LogP contribution in [-0.4, -0.2) is 13.1 Å². The molecule has 0 aliphatic carbocycles. The summed E-state index contributed by atoms with van der Waals surface area (Å²) in [6.45, 7) is 2.52. The highest BCUT2D eigenvalue weighted by molar-refractivity contribution is 9.10. The number of rotatable bonds is 5. The number of esters is 1. The Morgan fingerprint density at radius 1 is 1.00 bits per heavy atom. The van der Waals surface area contributed by atoms with Gasteiger partial charge in [-0.3, -0.25) is 0 Å². The van der Waals surface area contributed by atoms with Gasteiger partial charge in [0.05, 0.1) is 12.7 Å². The lowest BCUT2D eigenvalue weighted by Gasteiger charge is -2.13. The summed E-state index contributed by atoms with van der Waals surface area (Å²) >= 11 is 3.53. The molecule has 0 heterocycles. The highest BCUT2D eigenvalue weighted by Crippen LogP contribution is 2.32. The van der Waals surface area contributed by atoms with E-state index in [2.05, 4.69) is 15.9 Å². The van der Waals surface area contributed by atoms with Crippen LogP contribution in [0.15, 0.2) is 71.2 Å². The number of benzene rings is 3. The van der Waals surface area contributed by atoms with E-state index >= 15 is 0 Å². The Balaban J connectivity index is 1.90. The third kappa shape index (κ3) is 4.14. The van der Waals surface area contributed by atoms with Crippen LogP contribution in [0.25, 0.3) is 11.1 Å². The number of carbonyl (C=O) groups is 1. The zero-order valence-corrected chi connectivity index (χ0v) is 16.2. The summed E-state index contributed by atoms with van der Waals surface area (Å²) in [7, 11) is 1.38. The predicted molar refractivity (Wildman–Crippen MR) is 106 cm³/mol. The zero-order chi connectivity index (χ0) is 18.5. The maximum Gasteiger partial charge on any atom is 0.337 e. The van der Waals surface area contributed by atoms with Crippen LogP contribution in [0.2, 0.25) is 0 Å². The molecular formula is C22H19BrO3. The van der Waals surface area contributed by atoms with Gasteiger partial charge >= 0.3 is 5.97 Å². The van der Waals surface area contributed by atoms with Crippen molar-refractivity contribution in [2.75, 3.05) is 7.11 Å². The Kier molecular flexibility index (Phi) is 5.74. The van der Waals surface area contributed by atoms with E-state index in [-0.39, 0.29) is 5.97 Å². The minimum Gasteiger partial charge on any atom is -0.489 e. The number of carbonyl (C=O) groups excluding carboxylic acids is 1. The van der Waals surface area contributed by atoms with Gasteiger partial charge in [0.15, 0.2) is 0 Å². The van der Waals surface area contributed by atoms with E-state index in [0.717, 1.165) is 32.5 Å². The lowest BCUT2D eigenvalue weighted by Crippen LogP contribution is -2.02. The average molecular weight is 411 g/mol. The number of methoxy groups -OCH3 is 1. The quantitative estimate of drug-likeness (QED) is 0.499. The molecule has 0 unspecified atom stereocenters. The number of ether oxygens (including phenoxy) is 2. The van der Waals surface area contributed by atoms with Crippen LogP contribution < -0.4 is 4.74 Å². The van der Waals surface area contributed by atoms with Gasteiger partial charge in [0.2, 0.25) is 0 Å². The van der Waals surface area contributed by atoms with Gasteiger partial charge in [-0.1, -0.05) is 58.4 Å².